The van der Waals surface area contributed by atoms with E-state index in [0.29, 0.717) is 5.56 Å². The summed E-state index contributed by atoms with van der Waals surface area (Å²) >= 11 is 0. The maximum Gasteiger partial charge on any atom is 0.460 e. The molecule has 2 N–H and O–H groups in total. The molecule has 11 heteroatoms. The van der Waals surface area contributed by atoms with Gasteiger partial charge in [-0.05, 0) is 38.8 Å². The van der Waals surface area contributed by atoms with E-state index in [4.69, 9.17) is 0 Å². The predicted octanol–water partition coefficient (Wildman–Crippen LogP) is 5.81. The lowest BCUT2D eigenvalue weighted by molar-refractivity contribution is -0.394. The van der Waals surface area contributed by atoms with Gasteiger partial charge in [0.25, 0.3) is 0 Å². The minimum Gasteiger partial charge on any atom is -0.377 e. The average Bonchev–Trinajstić information content (AvgIpc) is 2.71. The van der Waals surface area contributed by atoms with Crippen molar-refractivity contribution >= 4 is 11.0 Å². The normalized spacial score (nSPS) is 17.3. The van der Waals surface area contributed by atoms with Crippen LogP contribution in [0.4, 0.5) is 30.7 Å². The van der Waals surface area contributed by atoms with Gasteiger partial charge < -0.3 is 5.11 Å². The topological polar surface area (TPSA) is 49.3 Å². The van der Waals surface area contributed by atoms with Crippen LogP contribution in [0.2, 0.25) is 0 Å². The van der Waals surface area contributed by atoms with Gasteiger partial charge in [-0.1, -0.05) is 60.2 Å². The second kappa shape index (κ2) is 8.99. The fourth-order valence-corrected chi connectivity index (χ4v) is 3.95. The molecule has 0 fully saturated rings. The number of hydrogen-bond acceptors (Lipinski definition) is 2. The first-order valence-corrected chi connectivity index (χ1v) is 10.9. The molecule has 2 aromatic carbocycles. The van der Waals surface area contributed by atoms with E-state index >= 15 is 8.78 Å². The first-order chi connectivity index (χ1) is 14.9. The third-order valence-electron chi connectivity index (χ3n) is 5.05. The van der Waals surface area contributed by atoms with Gasteiger partial charge >= 0.3 is 18.0 Å². The molecule has 33 heavy (non-hydrogen) atoms. The zero-order valence-corrected chi connectivity index (χ0v) is 19.0. The Balaban J connectivity index is 2.90. The number of nitrogens with one attached hydrogen (secondary N) is 1. The first kappa shape index (κ1) is 27.3. The van der Waals surface area contributed by atoms with Crippen LogP contribution < -0.4 is 4.72 Å². The highest BCUT2D eigenvalue weighted by Crippen LogP contribution is 2.58. The van der Waals surface area contributed by atoms with Crippen LogP contribution in [0.1, 0.15) is 43.5 Å². The van der Waals surface area contributed by atoms with Crippen LogP contribution in [-0.2, 0) is 16.6 Å². The average molecular weight is 499 g/mol. The summed E-state index contributed by atoms with van der Waals surface area (Å²) < 4.78 is 112. The summed E-state index contributed by atoms with van der Waals surface area (Å²) in [5, 5.41) is 11.3. The van der Waals surface area contributed by atoms with Gasteiger partial charge in [-0.3, -0.25) is 0 Å². The molecule has 0 bridgehead atoms. The summed E-state index contributed by atoms with van der Waals surface area (Å²) in [6, 6.07) is 7.99. The summed E-state index contributed by atoms with van der Waals surface area (Å²) in [6.07, 6.45) is -6.68. The molecule has 2 rings (SSSR count). The van der Waals surface area contributed by atoms with Crippen molar-refractivity contribution in [1.29, 1.82) is 0 Å². The fourth-order valence-electron chi connectivity index (χ4n) is 3.08. The van der Waals surface area contributed by atoms with Crippen LogP contribution in [-0.4, -0.2) is 32.1 Å². The number of aliphatic hydroxyl groups is 1. The quantitative estimate of drug-likeness (QED) is 0.473. The number of hydrogen-bond donors (Lipinski definition) is 2. The van der Waals surface area contributed by atoms with Gasteiger partial charge in [0.1, 0.15) is 0 Å². The lowest BCUT2D eigenvalue weighted by Crippen LogP contribution is -2.66. The highest BCUT2D eigenvalue weighted by Gasteiger charge is 2.81. The van der Waals surface area contributed by atoms with E-state index in [1.165, 1.54) is 51.1 Å². The Labute approximate surface area is 189 Å². The molecular formula is C22H24F7NO2S. The van der Waals surface area contributed by atoms with E-state index in [1.54, 1.807) is 6.92 Å². The van der Waals surface area contributed by atoms with Crippen LogP contribution >= 0.6 is 0 Å². The maximum atomic E-state index is 15.3. The zero-order valence-electron chi connectivity index (χ0n) is 18.2. The molecule has 0 aliphatic carbocycles. The summed E-state index contributed by atoms with van der Waals surface area (Å²) in [5.41, 5.74) is -4.71. The molecule has 0 saturated heterocycles. The molecule has 0 aromatic heterocycles. The molecule has 0 heterocycles. The third-order valence-corrected chi connectivity index (χ3v) is 6.61. The highest BCUT2D eigenvalue weighted by atomic mass is 32.2. The Bertz CT molecular complexity index is 973. The van der Waals surface area contributed by atoms with Gasteiger partial charge in [-0.2, -0.15) is 30.7 Å². The molecule has 1 unspecified atom stereocenters. The van der Waals surface area contributed by atoms with E-state index in [2.05, 4.69) is 4.72 Å². The molecule has 184 valence electrons. The summed E-state index contributed by atoms with van der Waals surface area (Å²) in [6.45, 7) is 5.94. The molecule has 0 aliphatic rings. The summed E-state index contributed by atoms with van der Waals surface area (Å²) in [7, 11) is -2.25. The van der Waals surface area contributed by atoms with E-state index in [0.717, 1.165) is 24.3 Å². The number of alkyl halides is 7. The van der Waals surface area contributed by atoms with E-state index in [-0.39, 0.29) is 5.56 Å². The van der Waals surface area contributed by atoms with Crippen LogP contribution in [0, 0.1) is 6.92 Å². The number of halogens is 7. The van der Waals surface area contributed by atoms with Gasteiger partial charge in [-0.15, -0.1) is 0 Å². The fraction of sp³-hybridized carbons (Fsp3) is 0.455. The Morgan fingerprint density at radius 1 is 0.818 bits per heavy atom. The van der Waals surface area contributed by atoms with Gasteiger partial charge in [0.15, 0.2) is 5.60 Å². The molecular weight excluding hydrogens is 475 g/mol. The van der Waals surface area contributed by atoms with Crippen LogP contribution in [0.3, 0.4) is 0 Å². The largest absolute Gasteiger partial charge is 0.460 e. The van der Waals surface area contributed by atoms with Crippen molar-refractivity contribution in [2.45, 2.75) is 62.1 Å². The molecule has 0 aliphatic heterocycles. The Hall–Kier alpha value is -1.98. The van der Waals surface area contributed by atoms with Crippen LogP contribution in [0.25, 0.3) is 0 Å². The Kier molecular flexibility index (Phi) is 7.43. The maximum absolute atomic E-state index is 15.3. The second-order valence-corrected chi connectivity index (χ2v) is 10.6. The summed E-state index contributed by atoms with van der Waals surface area (Å²) in [4.78, 5) is 0. The Morgan fingerprint density at radius 2 is 1.30 bits per heavy atom. The molecule has 3 nitrogen and oxygen atoms in total. The minimum absolute atomic E-state index is 0.262. The van der Waals surface area contributed by atoms with Crippen molar-refractivity contribution in [3.63, 3.8) is 0 Å². The monoisotopic (exact) mass is 499 g/mol. The molecule has 0 spiro atoms. The van der Waals surface area contributed by atoms with Crippen molar-refractivity contribution in [2.75, 3.05) is 0 Å². The standard InChI is InChI=1S/C22H24F7NO2S/c1-14-10-12-15(13-11-14)17(30-33(32)18(2,3)4)19(31,16-8-6-5-7-9-16)20(23,24)21(25,26)22(27,28)29/h5-13,17,30-31H,1-4H3/t17-,19+,33?/m0/s1. The van der Waals surface area contributed by atoms with E-state index in [1.807, 2.05) is 0 Å². The Morgan fingerprint density at radius 3 is 1.73 bits per heavy atom. The van der Waals surface area contributed by atoms with E-state index in [9.17, 15) is 31.3 Å². The molecule has 0 radical (unpaired) electrons. The van der Waals surface area contributed by atoms with Crippen molar-refractivity contribution in [3.8, 4) is 0 Å². The van der Waals surface area contributed by atoms with Crippen molar-refractivity contribution in [1.82, 2.24) is 4.72 Å². The van der Waals surface area contributed by atoms with Gasteiger partial charge in [0.2, 0.25) is 0 Å². The van der Waals surface area contributed by atoms with Crippen molar-refractivity contribution in [2.24, 2.45) is 0 Å². The molecule has 3 atom stereocenters. The predicted molar refractivity (Wildman–Crippen MR) is 111 cm³/mol. The molecule has 0 amide bonds. The number of benzene rings is 2. The van der Waals surface area contributed by atoms with Crippen molar-refractivity contribution < 1.29 is 40.0 Å². The first-order valence-electron chi connectivity index (χ1n) is 9.72. The van der Waals surface area contributed by atoms with Gasteiger partial charge in [0, 0.05) is 0 Å². The SMILES string of the molecule is Cc1ccc([C@H](NS(=O)C(C)(C)C)[C@](O)(c2ccccc2)C(F)(F)C(F)(F)C(F)(F)F)cc1. The lowest BCUT2D eigenvalue weighted by atomic mass is 9.75. The van der Waals surface area contributed by atoms with Crippen LogP contribution in [0.15, 0.2) is 54.6 Å². The second-order valence-electron chi connectivity index (χ2n) is 8.62. The summed E-state index contributed by atoms with van der Waals surface area (Å²) in [5.74, 6) is -12.7. The van der Waals surface area contributed by atoms with Gasteiger partial charge in [0.05, 0.1) is 21.8 Å². The highest BCUT2D eigenvalue weighted by molar-refractivity contribution is 7.84. The number of aryl methyl sites for hydroxylation is 1. The molecule has 0 saturated carbocycles. The minimum atomic E-state index is -6.68. The lowest BCUT2D eigenvalue weighted by Gasteiger charge is -2.45. The van der Waals surface area contributed by atoms with Crippen molar-refractivity contribution in [3.05, 3.63) is 71.3 Å². The smallest absolute Gasteiger partial charge is 0.377 e. The molecule has 2 aromatic rings. The zero-order chi connectivity index (χ0) is 25.5. The van der Waals surface area contributed by atoms with Gasteiger partial charge in [-0.25, -0.2) is 8.93 Å². The third kappa shape index (κ3) is 4.95. The van der Waals surface area contributed by atoms with E-state index < -0.39 is 51.0 Å². The van der Waals surface area contributed by atoms with Crippen LogP contribution in [0.5, 0.6) is 0 Å². The number of rotatable bonds is 7.